The van der Waals surface area contributed by atoms with Crippen LogP contribution in [0.5, 0.6) is 5.88 Å². The van der Waals surface area contributed by atoms with Crippen molar-refractivity contribution in [3.8, 4) is 5.88 Å². The average molecular weight is 248 g/mol. The van der Waals surface area contributed by atoms with Gasteiger partial charge in [0.25, 0.3) is 0 Å². The van der Waals surface area contributed by atoms with Gasteiger partial charge in [0, 0.05) is 18.3 Å². The Kier molecular flexibility index (Phi) is 5.00. The Bertz CT molecular complexity index is 361. The maximum atomic E-state index is 5.84. The van der Waals surface area contributed by atoms with E-state index in [-0.39, 0.29) is 0 Å². The molecule has 1 saturated carbocycles. The standard InChI is InChI=1S/C15H24N2O/c1-12(16-2)14-8-9-17-15(10-14)18-11-13-6-4-3-5-7-13/h8-10,12-13,16H,3-7,11H2,1-2H3. The van der Waals surface area contributed by atoms with Gasteiger partial charge in [-0.1, -0.05) is 19.3 Å². The summed E-state index contributed by atoms with van der Waals surface area (Å²) in [5.41, 5.74) is 1.23. The summed E-state index contributed by atoms with van der Waals surface area (Å²) in [6.45, 7) is 2.96. The Morgan fingerprint density at radius 2 is 2.17 bits per heavy atom. The second-order valence-corrected chi connectivity index (χ2v) is 5.25. The molecule has 2 rings (SSSR count). The van der Waals surface area contributed by atoms with Gasteiger partial charge in [0.2, 0.25) is 5.88 Å². The Hall–Kier alpha value is -1.09. The molecular weight excluding hydrogens is 224 g/mol. The van der Waals surface area contributed by atoms with Crippen LogP contribution in [0.25, 0.3) is 0 Å². The summed E-state index contributed by atoms with van der Waals surface area (Å²) in [5.74, 6) is 1.49. The number of aromatic nitrogens is 1. The zero-order valence-electron chi connectivity index (χ0n) is 11.5. The van der Waals surface area contributed by atoms with E-state index in [1.165, 1.54) is 37.7 Å². The fourth-order valence-corrected chi connectivity index (χ4v) is 2.50. The van der Waals surface area contributed by atoms with Crippen molar-refractivity contribution in [2.75, 3.05) is 13.7 Å². The number of hydrogen-bond acceptors (Lipinski definition) is 3. The minimum absolute atomic E-state index is 0.338. The molecule has 0 spiro atoms. The van der Waals surface area contributed by atoms with E-state index >= 15 is 0 Å². The highest BCUT2D eigenvalue weighted by atomic mass is 16.5. The quantitative estimate of drug-likeness (QED) is 0.868. The van der Waals surface area contributed by atoms with Crippen molar-refractivity contribution in [1.82, 2.24) is 10.3 Å². The summed E-state index contributed by atoms with van der Waals surface area (Å²) >= 11 is 0. The van der Waals surface area contributed by atoms with E-state index < -0.39 is 0 Å². The van der Waals surface area contributed by atoms with Crippen LogP contribution in [0.15, 0.2) is 18.3 Å². The van der Waals surface area contributed by atoms with E-state index in [1.54, 1.807) is 0 Å². The van der Waals surface area contributed by atoms with Gasteiger partial charge in [-0.2, -0.15) is 0 Å². The first-order chi connectivity index (χ1) is 8.79. The molecule has 1 aliphatic rings. The maximum Gasteiger partial charge on any atom is 0.213 e. The first-order valence-corrected chi connectivity index (χ1v) is 7.05. The molecule has 1 fully saturated rings. The zero-order chi connectivity index (χ0) is 12.8. The maximum absolute atomic E-state index is 5.84. The van der Waals surface area contributed by atoms with Crippen LogP contribution in [0.2, 0.25) is 0 Å². The third-order valence-corrected chi connectivity index (χ3v) is 3.88. The van der Waals surface area contributed by atoms with Crippen molar-refractivity contribution >= 4 is 0 Å². The van der Waals surface area contributed by atoms with Gasteiger partial charge in [-0.15, -0.1) is 0 Å². The van der Waals surface area contributed by atoms with Crippen LogP contribution in [0.1, 0.15) is 50.6 Å². The molecule has 100 valence electrons. The van der Waals surface area contributed by atoms with Crippen LogP contribution in [0, 0.1) is 5.92 Å². The summed E-state index contributed by atoms with van der Waals surface area (Å²) in [5, 5.41) is 3.23. The molecule has 0 saturated heterocycles. The molecule has 3 heteroatoms. The predicted octanol–water partition coefficient (Wildman–Crippen LogP) is 3.32. The van der Waals surface area contributed by atoms with Gasteiger partial charge in [0.1, 0.15) is 0 Å². The minimum atomic E-state index is 0.338. The van der Waals surface area contributed by atoms with Gasteiger partial charge in [0.05, 0.1) is 6.61 Å². The molecule has 1 N–H and O–H groups in total. The van der Waals surface area contributed by atoms with Crippen molar-refractivity contribution in [2.24, 2.45) is 5.92 Å². The Labute approximate surface area is 110 Å². The molecule has 1 aromatic heterocycles. The number of hydrogen-bond donors (Lipinski definition) is 1. The molecule has 18 heavy (non-hydrogen) atoms. The van der Waals surface area contributed by atoms with Crippen LogP contribution in [-0.4, -0.2) is 18.6 Å². The average Bonchev–Trinajstić information content (AvgIpc) is 2.45. The molecular formula is C15H24N2O. The fourth-order valence-electron chi connectivity index (χ4n) is 2.50. The molecule has 1 heterocycles. The number of pyridine rings is 1. The lowest BCUT2D eigenvalue weighted by Crippen LogP contribution is -2.16. The lowest BCUT2D eigenvalue weighted by molar-refractivity contribution is 0.202. The van der Waals surface area contributed by atoms with Crippen molar-refractivity contribution in [3.63, 3.8) is 0 Å². The molecule has 0 radical (unpaired) electrons. The van der Waals surface area contributed by atoms with E-state index in [0.717, 1.165) is 18.4 Å². The Balaban J connectivity index is 1.88. The zero-order valence-corrected chi connectivity index (χ0v) is 11.5. The third kappa shape index (κ3) is 3.70. The number of ether oxygens (including phenoxy) is 1. The molecule has 1 unspecified atom stereocenters. The molecule has 1 atom stereocenters. The number of nitrogens with one attached hydrogen (secondary N) is 1. The molecule has 0 amide bonds. The second-order valence-electron chi connectivity index (χ2n) is 5.25. The van der Waals surface area contributed by atoms with Gasteiger partial charge in [-0.25, -0.2) is 4.98 Å². The summed E-state index contributed by atoms with van der Waals surface area (Å²) < 4.78 is 5.84. The van der Waals surface area contributed by atoms with Crippen LogP contribution < -0.4 is 10.1 Å². The number of nitrogens with zero attached hydrogens (tertiary/aromatic N) is 1. The predicted molar refractivity (Wildman–Crippen MR) is 73.8 cm³/mol. The molecule has 1 aliphatic carbocycles. The first kappa shape index (κ1) is 13.3. The highest BCUT2D eigenvalue weighted by Crippen LogP contribution is 2.24. The highest BCUT2D eigenvalue weighted by Gasteiger charge is 2.14. The summed E-state index contributed by atoms with van der Waals surface area (Å²) in [6, 6.07) is 4.42. The van der Waals surface area contributed by atoms with Gasteiger partial charge >= 0.3 is 0 Å². The van der Waals surface area contributed by atoms with Gasteiger partial charge in [0.15, 0.2) is 0 Å². The molecule has 1 aromatic rings. The van der Waals surface area contributed by atoms with E-state index in [1.807, 2.05) is 25.4 Å². The van der Waals surface area contributed by atoms with Crippen molar-refractivity contribution < 1.29 is 4.74 Å². The van der Waals surface area contributed by atoms with Crippen molar-refractivity contribution in [2.45, 2.75) is 45.1 Å². The first-order valence-electron chi connectivity index (χ1n) is 7.05. The monoisotopic (exact) mass is 248 g/mol. The van der Waals surface area contributed by atoms with Gasteiger partial charge < -0.3 is 10.1 Å². The third-order valence-electron chi connectivity index (χ3n) is 3.88. The van der Waals surface area contributed by atoms with E-state index in [0.29, 0.717) is 6.04 Å². The van der Waals surface area contributed by atoms with Crippen LogP contribution >= 0.6 is 0 Å². The Morgan fingerprint density at radius 1 is 1.39 bits per heavy atom. The topological polar surface area (TPSA) is 34.2 Å². The molecule has 0 bridgehead atoms. The smallest absolute Gasteiger partial charge is 0.213 e. The van der Waals surface area contributed by atoms with Crippen LogP contribution in [0.4, 0.5) is 0 Å². The van der Waals surface area contributed by atoms with E-state index in [9.17, 15) is 0 Å². The Morgan fingerprint density at radius 3 is 2.89 bits per heavy atom. The molecule has 0 aromatic carbocycles. The van der Waals surface area contributed by atoms with Gasteiger partial charge in [-0.3, -0.25) is 0 Å². The SMILES string of the molecule is CNC(C)c1ccnc(OCC2CCCCC2)c1. The van der Waals surface area contributed by atoms with Crippen LogP contribution in [-0.2, 0) is 0 Å². The van der Waals surface area contributed by atoms with Gasteiger partial charge in [-0.05, 0) is 44.4 Å². The normalized spacial score (nSPS) is 18.6. The highest BCUT2D eigenvalue weighted by molar-refractivity contribution is 5.23. The summed E-state index contributed by atoms with van der Waals surface area (Å²) in [6.07, 6.45) is 8.57. The van der Waals surface area contributed by atoms with Crippen LogP contribution in [0.3, 0.4) is 0 Å². The lowest BCUT2D eigenvalue weighted by atomic mass is 9.90. The lowest BCUT2D eigenvalue weighted by Gasteiger charge is -2.21. The summed E-state index contributed by atoms with van der Waals surface area (Å²) in [4.78, 5) is 4.29. The molecule has 3 nitrogen and oxygen atoms in total. The molecule has 0 aliphatic heterocycles. The second kappa shape index (κ2) is 6.74. The van der Waals surface area contributed by atoms with Crippen molar-refractivity contribution in [1.29, 1.82) is 0 Å². The number of rotatable bonds is 5. The van der Waals surface area contributed by atoms with E-state index in [4.69, 9.17) is 4.74 Å². The fraction of sp³-hybridized carbons (Fsp3) is 0.667. The summed E-state index contributed by atoms with van der Waals surface area (Å²) in [7, 11) is 1.97. The minimum Gasteiger partial charge on any atom is -0.477 e. The van der Waals surface area contributed by atoms with E-state index in [2.05, 4.69) is 17.2 Å². The largest absolute Gasteiger partial charge is 0.477 e. The van der Waals surface area contributed by atoms with Crippen molar-refractivity contribution in [3.05, 3.63) is 23.9 Å².